The lowest BCUT2D eigenvalue weighted by molar-refractivity contribution is -0.137. The molecule has 0 fully saturated rings. The molecule has 1 aromatic rings. The molecule has 5 heteroatoms. The Bertz CT molecular complexity index is 375. The maximum Gasteiger partial charge on any atom is 0.416 e. The topological polar surface area (TPSA) is 12.0 Å². The lowest BCUT2D eigenvalue weighted by atomic mass is 10.1. The minimum absolute atomic E-state index is 0.173. The molecule has 1 heterocycles. The van der Waals surface area contributed by atoms with E-state index < -0.39 is 11.7 Å². The summed E-state index contributed by atoms with van der Waals surface area (Å²) >= 11 is 1.47. The number of alkyl halides is 3. The highest BCUT2D eigenvalue weighted by molar-refractivity contribution is 7.99. The van der Waals surface area contributed by atoms with Gasteiger partial charge in [0, 0.05) is 16.7 Å². The largest absolute Gasteiger partial charge is 0.416 e. The molecule has 1 N–H and O–H groups in total. The van der Waals surface area contributed by atoms with Gasteiger partial charge in [-0.15, -0.1) is 11.8 Å². The standard InChI is InChI=1S/C10H10F3NS/c1-14-8-5-15-9-4-6(10(11,12)13)2-3-7(8)9/h2-4,8,14H,5H2,1H3/t8-/m1/s1. The third-order valence-corrected chi connectivity index (χ3v) is 3.63. The van der Waals surface area contributed by atoms with E-state index in [4.69, 9.17) is 0 Å². The van der Waals surface area contributed by atoms with Crippen molar-refractivity contribution in [2.24, 2.45) is 0 Å². The maximum absolute atomic E-state index is 12.4. The fourth-order valence-electron chi connectivity index (χ4n) is 1.63. The van der Waals surface area contributed by atoms with E-state index in [0.717, 1.165) is 22.3 Å². The Morgan fingerprint density at radius 2 is 2.13 bits per heavy atom. The Labute approximate surface area is 90.1 Å². The highest BCUT2D eigenvalue weighted by atomic mass is 32.2. The molecule has 82 valence electrons. The average Bonchev–Trinajstić information content (AvgIpc) is 2.58. The fourth-order valence-corrected chi connectivity index (χ4v) is 2.91. The highest BCUT2D eigenvalue weighted by Gasteiger charge is 2.32. The molecule has 0 aliphatic carbocycles. The van der Waals surface area contributed by atoms with E-state index in [0.29, 0.717) is 0 Å². The van der Waals surface area contributed by atoms with Crippen LogP contribution in [-0.4, -0.2) is 12.8 Å². The summed E-state index contributed by atoms with van der Waals surface area (Å²) in [6, 6.07) is 4.12. The van der Waals surface area contributed by atoms with Gasteiger partial charge in [0.1, 0.15) is 0 Å². The van der Waals surface area contributed by atoms with E-state index in [-0.39, 0.29) is 6.04 Å². The second kappa shape index (κ2) is 3.72. The molecule has 0 spiro atoms. The molecular weight excluding hydrogens is 223 g/mol. The molecule has 1 aliphatic heterocycles. The summed E-state index contributed by atoms with van der Waals surface area (Å²) < 4.78 is 37.2. The molecule has 2 rings (SSSR count). The number of benzene rings is 1. The van der Waals surface area contributed by atoms with E-state index in [1.807, 2.05) is 7.05 Å². The molecule has 1 aromatic carbocycles. The first-order valence-corrected chi connectivity index (χ1v) is 5.52. The van der Waals surface area contributed by atoms with Gasteiger partial charge in [0.05, 0.1) is 5.56 Å². The molecule has 0 saturated carbocycles. The predicted molar refractivity (Wildman–Crippen MR) is 54.0 cm³/mol. The molecule has 0 amide bonds. The third kappa shape index (κ3) is 1.99. The monoisotopic (exact) mass is 233 g/mol. The van der Waals surface area contributed by atoms with Gasteiger partial charge in [0.25, 0.3) is 0 Å². The fraction of sp³-hybridized carbons (Fsp3) is 0.400. The van der Waals surface area contributed by atoms with Gasteiger partial charge >= 0.3 is 6.18 Å². The van der Waals surface area contributed by atoms with Crippen molar-refractivity contribution < 1.29 is 13.2 Å². The first-order chi connectivity index (χ1) is 7.02. The first kappa shape index (κ1) is 10.8. The van der Waals surface area contributed by atoms with Crippen molar-refractivity contribution in [1.82, 2.24) is 5.32 Å². The molecule has 0 saturated heterocycles. The van der Waals surface area contributed by atoms with Crippen LogP contribution < -0.4 is 5.32 Å². The van der Waals surface area contributed by atoms with Crippen LogP contribution in [0.1, 0.15) is 17.2 Å². The van der Waals surface area contributed by atoms with Gasteiger partial charge in [-0.2, -0.15) is 13.2 Å². The van der Waals surface area contributed by atoms with Gasteiger partial charge < -0.3 is 5.32 Å². The van der Waals surface area contributed by atoms with E-state index in [2.05, 4.69) is 5.32 Å². The molecule has 1 aliphatic rings. The molecule has 0 radical (unpaired) electrons. The first-order valence-electron chi connectivity index (χ1n) is 4.53. The summed E-state index contributed by atoms with van der Waals surface area (Å²) in [6.07, 6.45) is -4.24. The van der Waals surface area contributed by atoms with Crippen molar-refractivity contribution in [3.63, 3.8) is 0 Å². The van der Waals surface area contributed by atoms with Crippen LogP contribution in [0.25, 0.3) is 0 Å². The molecule has 15 heavy (non-hydrogen) atoms. The minimum Gasteiger partial charge on any atom is -0.312 e. The van der Waals surface area contributed by atoms with Gasteiger partial charge in [-0.3, -0.25) is 0 Å². The lowest BCUT2D eigenvalue weighted by Gasteiger charge is -2.11. The molecule has 1 atom stereocenters. The number of hydrogen-bond acceptors (Lipinski definition) is 2. The van der Waals surface area contributed by atoms with Crippen molar-refractivity contribution in [2.75, 3.05) is 12.8 Å². The van der Waals surface area contributed by atoms with Crippen LogP contribution in [0.5, 0.6) is 0 Å². The quantitative estimate of drug-likeness (QED) is 0.800. The molecule has 1 nitrogen and oxygen atoms in total. The Hall–Kier alpha value is -0.680. The minimum atomic E-state index is -4.24. The smallest absolute Gasteiger partial charge is 0.312 e. The van der Waals surface area contributed by atoms with Gasteiger partial charge in [-0.1, -0.05) is 6.07 Å². The predicted octanol–water partition coefficient (Wildman–Crippen LogP) is 3.07. The summed E-state index contributed by atoms with van der Waals surface area (Å²) in [7, 11) is 1.82. The Balaban J connectivity index is 2.37. The molecule has 0 unspecified atom stereocenters. The summed E-state index contributed by atoms with van der Waals surface area (Å²) in [5.41, 5.74) is 0.404. The average molecular weight is 233 g/mol. The van der Waals surface area contributed by atoms with E-state index in [9.17, 15) is 13.2 Å². The Morgan fingerprint density at radius 1 is 1.40 bits per heavy atom. The highest BCUT2D eigenvalue weighted by Crippen LogP contribution is 2.41. The van der Waals surface area contributed by atoms with Crippen LogP contribution >= 0.6 is 11.8 Å². The number of hydrogen-bond donors (Lipinski definition) is 1. The zero-order valence-electron chi connectivity index (χ0n) is 8.06. The van der Waals surface area contributed by atoms with Gasteiger partial charge in [-0.25, -0.2) is 0 Å². The van der Waals surface area contributed by atoms with Gasteiger partial charge in [0.2, 0.25) is 0 Å². The van der Waals surface area contributed by atoms with Crippen molar-refractivity contribution in [3.05, 3.63) is 29.3 Å². The van der Waals surface area contributed by atoms with E-state index >= 15 is 0 Å². The summed E-state index contributed by atoms with van der Waals surface area (Å²) in [6.45, 7) is 0. The van der Waals surface area contributed by atoms with Crippen LogP contribution in [0.15, 0.2) is 23.1 Å². The van der Waals surface area contributed by atoms with Gasteiger partial charge in [0.15, 0.2) is 0 Å². The van der Waals surface area contributed by atoms with Crippen LogP contribution in [0.2, 0.25) is 0 Å². The third-order valence-electron chi connectivity index (χ3n) is 2.47. The van der Waals surface area contributed by atoms with Crippen molar-refractivity contribution in [3.8, 4) is 0 Å². The summed E-state index contributed by atoms with van der Waals surface area (Å²) in [5.74, 6) is 0.799. The number of fused-ring (bicyclic) bond motifs is 1. The maximum atomic E-state index is 12.4. The zero-order chi connectivity index (χ0) is 11.1. The summed E-state index contributed by atoms with van der Waals surface area (Å²) in [4.78, 5) is 0.740. The number of nitrogens with one attached hydrogen (secondary N) is 1. The van der Waals surface area contributed by atoms with Gasteiger partial charge in [-0.05, 0) is 24.7 Å². The van der Waals surface area contributed by atoms with Crippen molar-refractivity contribution >= 4 is 11.8 Å². The van der Waals surface area contributed by atoms with Crippen molar-refractivity contribution in [2.45, 2.75) is 17.1 Å². The Morgan fingerprint density at radius 3 is 2.73 bits per heavy atom. The second-order valence-corrected chi connectivity index (χ2v) is 4.46. The number of rotatable bonds is 1. The Kier molecular flexibility index (Phi) is 2.68. The molecule has 0 aromatic heterocycles. The van der Waals surface area contributed by atoms with Crippen molar-refractivity contribution in [1.29, 1.82) is 0 Å². The van der Waals surface area contributed by atoms with Crippen LogP contribution in [0.3, 0.4) is 0 Å². The van der Waals surface area contributed by atoms with E-state index in [1.54, 1.807) is 6.07 Å². The lowest BCUT2D eigenvalue weighted by Crippen LogP contribution is -2.15. The number of halogens is 3. The molecule has 0 bridgehead atoms. The summed E-state index contributed by atoms with van der Waals surface area (Å²) in [5, 5.41) is 3.08. The molecular formula is C10H10F3NS. The SMILES string of the molecule is CN[C@@H]1CSc2cc(C(F)(F)F)ccc21. The van der Waals surface area contributed by atoms with E-state index in [1.165, 1.54) is 17.8 Å². The zero-order valence-corrected chi connectivity index (χ0v) is 8.88. The number of thioether (sulfide) groups is 1. The van der Waals surface area contributed by atoms with Crippen LogP contribution in [-0.2, 0) is 6.18 Å². The van der Waals surface area contributed by atoms with Crippen LogP contribution in [0.4, 0.5) is 13.2 Å². The van der Waals surface area contributed by atoms with Crippen LogP contribution in [0, 0.1) is 0 Å². The normalized spacial score (nSPS) is 20.4. The second-order valence-electron chi connectivity index (χ2n) is 3.40.